The lowest BCUT2D eigenvalue weighted by molar-refractivity contribution is -0.120. The van der Waals surface area contributed by atoms with Crippen molar-refractivity contribution in [3.8, 4) is 0 Å². The van der Waals surface area contributed by atoms with Gasteiger partial charge in [0.05, 0.1) is 0 Å². The maximum atomic E-state index is 12.0. The third-order valence-corrected chi connectivity index (χ3v) is 3.39. The van der Waals surface area contributed by atoms with Crippen LogP contribution in [0, 0.1) is 5.92 Å². The topological polar surface area (TPSA) is 72.2 Å². The summed E-state index contributed by atoms with van der Waals surface area (Å²) < 4.78 is 0.814. The molecule has 0 radical (unpaired) electrons. The highest BCUT2D eigenvalue weighted by Gasteiger charge is 2.23. The highest BCUT2D eigenvalue weighted by molar-refractivity contribution is 9.10. The Kier molecular flexibility index (Phi) is 5.34. The normalized spacial score (nSPS) is 13.7. The standard InChI is InChI=1S/C13H17BrN2O2/c1-3-8(2)11(12(15)17)16-13(18)9-5-4-6-10(14)7-9/h4-8,11H,3H2,1-2H3,(H2,15,17)(H,16,18)/t8-,11+/m1/s1. The predicted molar refractivity (Wildman–Crippen MR) is 74.0 cm³/mol. The minimum absolute atomic E-state index is 0.0126. The molecule has 0 aliphatic rings. The second kappa shape index (κ2) is 6.54. The van der Waals surface area contributed by atoms with Gasteiger partial charge in [0.1, 0.15) is 6.04 Å². The lowest BCUT2D eigenvalue weighted by atomic mass is 9.98. The third kappa shape index (κ3) is 3.84. The highest BCUT2D eigenvalue weighted by atomic mass is 79.9. The Hall–Kier alpha value is -1.36. The number of hydrogen-bond donors (Lipinski definition) is 2. The lowest BCUT2D eigenvalue weighted by Crippen LogP contribution is -2.48. The number of nitrogens with two attached hydrogens (primary N) is 1. The minimum atomic E-state index is -0.638. The maximum Gasteiger partial charge on any atom is 0.251 e. The zero-order valence-electron chi connectivity index (χ0n) is 10.4. The second-order valence-corrected chi connectivity index (χ2v) is 5.17. The van der Waals surface area contributed by atoms with Gasteiger partial charge in [0.25, 0.3) is 5.91 Å². The zero-order chi connectivity index (χ0) is 13.7. The van der Waals surface area contributed by atoms with Crippen molar-refractivity contribution in [1.82, 2.24) is 5.32 Å². The SMILES string of the molecule is CC[C@@H](C)[C@H](NC(=O)c1cccc(Br)c1)C(N)=O. The molecule has 98 valence electrons. The van der Waals surface area contributed by atoms with E-state index in [-0.39, 0.29) is 11.8 Å². The molecule has 0 aliphatic heterocycles. The molecule has 1 rings (SSSR count). The summed E-state index contributed by atoms with van der Waals surface area (Å²) in [5.74, 6) is -0.785. The van der Waals surface area contributed by atoms with E-state index in [4.69, 9.17) is 5.73 Å². The van der Waals surface area contributed by atoms with Crippen molar-refractivity contribution < 1.29 is 9.59 Å². The van der Waals surface area contributed by atoms with Crippen LogP contribution < -0.4 is 11.1 Å². The van der Waals surface area contributed by atoms with E-state index in [9.17, 15) is 9.59 Å². The first-order valence-electron chi connectivity index (χ1n) is 5.81. The van der Waals surface area contributed by atoms with E-state index >= 15 is 0 Å². The van der Waals surface area contributed by atoms with Gasteiger partial charge in [-0.1, -0.05) is 42.3 Å². The fourth-order valence-electron chi connectivity index (χ4n) is 1.58. The van der Waals surface area contributed by atoms with Crippen LogP contribution in [0.3, 0.4) is 0 Å². The summed E-state index contributed by atoms with van der Waals surface area (Å²) in [4.78, 5) is 23.3. The van der Waals surface area contributed by atoms with Gasteiger partial charge >= 0.3 is 0 Å². The Bertz CT molecular complexity index is 448. The molecule has 3 N–H and O–H groups in total. The second-order valence-electron chi connectivity index (χ2n) is 4.25. The molecule has 1 aromatic rings. The smallest absolute Gasteiger partial charge is 0.251 e. The summed E-state index contributed by atoms with van der Waals surface area (Å²) in [5, 5.41) is 2.68. The van der Waals surface area contributed by atoms with Gasteiger partial charge in [-0.05, 0) is 24.1 Å². The van der Waals surface area contributed by atoms with Crippen LogP contribution in [0.4, 0.5) is 0 Å². The van der Waals surface area contributed by atoms with E-state index in [1.807, 2.05) is 19.9 Å². The Morgan fingerprint density at radius 2 is 2.11 bits per heavy atom. The maximum absolute atomic E-state index is 12.0. The first-order valence-corrected chi connectivity index (χ1v) is 6.60. The monoisotopic (exact) mass is 312 g/mol. The van der Waals surface area contributed by atoms with Gasteiger partial charge < -0.3 is 11.1 Å². The summed E-state index contributed by atoms with van der Waals surface area (Å²) >= 11 is 3.30. The molecule has 0 bridgehead atoms. The van der Waals surface area contributed by atoms with Gasteiger partial charge in [0.2, 0.25) is 5.91 Å². The van der Waals surface area contributed by atoms with Crippen molar-refractivity contribution in [1.29, 1.82) is 0 Å². The summed E-state index contributed by atoms with van der Waals surface area (Å²) in [6, 6.07) is 6.35. The molecule has 5 heteroatoms. The number of primary amides is 1. The van der Waals surface area contributed by atoms with Gasteiger partial charge in [-0.25, -0.2) is 0 Å². The minimum Gasteiger partial charge on any atom is -0.368 e. The average molecular weight is 313 g/mol. The number of nitrogens with one attached hydrogen (secondary N) is 1. The van der Waals surface area contributed by atoms with Crippen LogP contribution in [-0.2, 0) is 4.79 Å². The molecular weight excluding hydrogens is 296 g/mol. The summed E-state index contributed by atoms with van der Waals surface area (Å²) in [7, 11) is 0. The number of hydrogen-bond acceptors (Lipinski definition) is 2. The van der Waals surface area contributed by atoms with Crippen molar-refractivity contribution in [2.45, 2.75) is 26.3 Å². The summed E-state index contributed by atoms with van der Waals surface area (Å²) in [5.41, 5.74) is 5.81. The van der Waals surface area contributed by atoms with Gasteiger partial charge in [-0.3, -0.25) is 9.59 Å². The van der Waals surface area contributed by atoms with Crippen molar-refractivity contribution in [3.05, 3.63) is 34.3 Å². The Morgan fingerprint density at radius 3 is 2.61 bits per heavy atom. The number of halogens is 1. The molecule has 2 atom stereocenters. The van der Waals surface area contributed by atoms with E-state index in [2.05, 4.69) is 21.2 Å². The Balaban J connectivity index is 2.82. The number of rotatable bonds is 5. The van der Waals surface area contributed by atoms with E-state index in [0.717, 1.165) is 10.9 Å². The number of amides is 2. The van der Waals surface area contributed by atoms with Crippen LogP contribution in [0.2, 0.25) is 0 Å². The van der Waals surface area contributed by atoms with Crippen LogP contribution in [0.1, 0.15) is 30.6 Å². The molecule has 0 spiro atoms. The van der Waals surface area contributed by atoms with E-state index in [1.54, 1.807) is 18.2 Å². The van der Waals surface area contributed by atoms with Gasteiger partial charge in [-0.15, -0.1) is 0 Å². The molecule has 0 aliphatic carbocycles. The van der Waals surface area contributed by atoms with Crippen LogP contribution in [0.5, 0.6) is 0 Å². The fourth-order valence-corrected chi connectivity index (χ4v) is 1.98. The third-order valence-electron chi connectivity index (χ3n) is 2.89. The molecule has 0 saturated heterocycles. The number of carbonyl (C=O) groups is 2. The quantitative estimate of drug-likeness (QED) is 0.873. The highest BCUT2D eigenvalue weighted by Crippen LogP contribution is 2.13. The molecule has 18 heavy (non-hydrogen) atoms. The fraction of sp³-hybridized carbons (Fsp3) is 0.385. The van der Waals surface area contributed by atoms with Crippen LogP contribution in [0.15, 0.2) is 28.7 Å². The van der Waals surface area contributed by atoms with Crippen molar-refractivity contribution in [2.24, 2.45) is 11.7 Å². The molecular formula is C13H17BrN2O2. The van der Waals surface area contributed by atoms with Crippen LogP contribution >= 0.6 is 15.9 Å². The average Bonchev–Trinajstić information content (AvgIpc) is 2.34. The molecule has 0 aromatic heterocycles. The zero-order valence-corrected chi connectivity index (χ0v) is 12.0. The summed E-state index contributed by atoms with van der Waals surface area (Å²) in [6.07, 6.45) is 0.770. The van der Waals surface area contributed by atoms with E-state index < -0.39 is 11.9 Å². The first-order chi connectivity index (χ1) is 8.45. The molecule has 1 aromatic carbocycles. The Morgan fingerprint density at radius 1 is 1.44 bits per heavy atom. The molecule has 2 amide bonds. The van der Waals surface area contributed by atoms with E-state index in [1.165, 1.54) is 0 Å². The van der Waals surface area contributed by atoms with Gasteiger partial charge in [0, 0.05) is 10.0 Å². The number of carbonyl (C=O) groups excluding carboxylic acids is 2. The van der Waals surface area contributed by atoms with Crippen molar-refractivity contribution in [3.63, 3.8) is 0 Å². The van der Waals surface area contributed by atoms with E-state index in [0.29, 0.717) is 5.56 Å². The van der Waals surface area contributed by atoms with Gasteiger partial charge in [-0.2, -0.15) is 0 Å². The lowest BCUT2D eigenvalue weighted by Gasteiger charge is -2.21. The Labute approximate surface area is 115 Å². The largest absolute Gasteiger partial charge is 0.368 e. The molecule has 0 fully saturated rings. The van der Waals surface area contributed by atoms with Crippen LogP contribution in [0.25, 0.3) is 0 Å². The van der Waals surface area contributed by atoms with Gasteiger partial charge in [0.15, 0.2) is 0 Å². The molecule has 0 unspecified atom stereocenters. The molecule has 0 saturated carbocycles. The molecule has 4 nitrogen and oxygen atoms in total. The van der Waals surface area contributed by atoms with Crippen molar-refractivity contribution in [2.75, 3.05) is 0 Å². The van der Waals surface area contributed by atoms with Crippen molar-refractivity contribution >= 4 is 27.7 Å². The van der Waals surface area contributed by atoms with Crippen LogP contribution in [-0.4, -0.2) is 17.9 Å². The first kappa shape index (κ1) is 14.7. The molecule has 0 heterocycles. The number of benzene rings is 1. The predicted octanol–water partition coefficient (Wildman–Crippen LogP) is 2.08. The summed E-state index contributed by atoms with van der Waals surface area (Å²) in [6.45, 7) is 3.84.